The van der Waals surface area contributed by atoms with Crippen molar-refractivity contribution in [2.45, 2.75) is 51.5 Å². The van der Waals surface area contributed by atoms with E-state index in [1.165, 1.54) is 43.5 Å². The molecule has 0 unspecified atom stereocenters. The van der Waals surface area contributed by atoms with E-state index in [2.05, 4.69) is 5.32 Å². The standard InChI is InChI=1S/C31H31FN2O3/c32-25-6-4-22(5-7-25)29(35)34-9-8-27-24(18-34)14-28(37-27)23-2-1-3-26(13-23)33-30(36)31-15-19-10-20(16-31)12-21(11-19)17-31/h1-7,13-14,19-21H,8-12,15-18H2,(H,33,36). The summed E-state index contributed by atoms with van der Waals surface area (Å²) in [5, 5.41) is 3.25. The minimum atomic E-state index is -0.353. The number of nitrogens with one attached hydrogen (secondary N) is 1. The molecule has 1 aliphatic heterocycles. The molecule has 0 saturated heterocycles. The van der Waals surface area contributed by atoms with Crippen LogP contribution in [-0.2, 0) is 17.8 Å². The molecule has 4 aliphatic carbocycles. The van der Waals surface area contributed by atoms with E-state index in [9.17, 15) is 14.0 Å². The van der Waals surface area contributed by atoms with Gasteiger partial charge in [0.1, 0.15) is 17.3 Å². The van der Waals surface area contributed by atoms with E-state index in [4.69, 9.17) is 4.42 Å². The van der Waals surface area contributed by atoms with Crippen LogP contribution in [0.25, 0.3) is 11.3 Å². The Labute approximate surface area is 216 Å². The topological polar surface area (TPSA) is 62.6 Å². The van der Waals surface area contributed by atoms with Gasteiger partial charge in [0.15, 0.2) is 0 Å². The normalized spacial score (nSPS) is 27.7. The van der Waals surface area contributed by atoms with Crippen molar-refractivity contribution in [2.75, 3.05) is 11.9 Å². The van der Waals surface area contributed by atoms with E-state index in [-0.39, 0.29) is 23.0 Å². The summed E-state index contributed by atoms with van der Waals surface area (Å²) in [5.41, 5.74) is 3.00. The van der Waals surface area contributed by atoms with E-state index >= 15 is 0 Å². The number of furan rings is 1. The predicted octanol–water partition coefficient (Wildman–Crippen LogP) is 6.44. The summed E-state index contributed by atoms with van der Waals surface area (Å²) in [6.45, 7) is 1.01. The maximum absolute atomic E-state index is 13.5. The third-order valence-corrected chi connectivity index (χ3v) is 9.17. The highest BCUT2D eigenvalue weighted by atomic mass is 19.1. The van der Waals surface area contributed by atoms with Gasteiger partial charge in [0.2, 0.25) is 5.91 Å². The molecule has 1 N–H and O–H groups in total. The molecule has 5 nitrogen and oxygen atoms in total. The highest BCUT2D eigenvalue weighted by Crippen LogP contribution is 2.60. The maximum Gasteiger partial charge on any atom is 0.254 e. The Balaban J connectivity index is 1.07. The van der Waals surface area contributed by atoms with Gasteiger partial charge >= 0.3 is 0 Å². The lowest BCUT2D eigenvalue weighted by atomic mass is 9.49. The van der Waals surface area contributed by atoms with Crippen LogP contribution in [0.4, 0.5) is 10.1 Å². The highest BCUT2D eigenvalue weighted by molar-refractivity contribution is 5.96. The van der Waals surface area contributed by atoms with Crippen molar-refractivity contribution in [2.24, 2.45) is 23.2 Å². The SMILES string of the molecule is O=C(c1ccc(F)cc1)N1CCc2oc(-c3cccc(NC(=O)C45CC6CC(CC(C6)C4)C5)c3)cc2C1. The van der Waals surface area contributed by atoms with Crippen LogP contribution in [0.2, 0.25) is 0 Å². The second kappa shape index (κ2) is 8.57. The predicted molar refractivity (Wildman–Crippen MR) is 138 cm³/mol. The summed E-state index contributed by atoms with van der Waals surface area (Å²) in [6.07, 6.45) is 7.72. The number of rotatable bonds is 4. The molecular weight excluding hydrogens is 467 g/mol. The number of hydrogen-bond acceptors (Lipinski definition) is 3. The number of benzene rings is 2. The van der Waals surface area contributed by atoms with Gasteiger partial charge in [-0.1, -0.05) is 12.1 Å². The second-order valence-electron chi connectivity index (χ2n) is 11.8. The third-order valence-electron chi connectivity index (χ3n) is 9.17. The number of anilines is 1. The maximum atomic E-state index is 13.5. The van der Waals surface area contributed by atoms with Crippen LogP contribution in [0.15, 0.2) is 59.0 Å². The molecule has 0 atom stereocenters. The highest BCUT2D eigenvalue weighted by Gasteiger charge is 2.54. The first-order valence-corrected chi connectivity index (χ1v) is 13.5. The van der Waals surface area contributed by atoms with Gasteiger partial charge in [0.05, 0.1) is 5.41 Å². The van der Waals surface area contributed by atoms with Crippen LogP contribution in [-0.4, -0.2) is 23.3 Å². The second-order valence-corrected chi connectivity index (χ2v) is 11.8. The Kier molecular flexibility index (Phi) is 5.27. The summed E-state index contributed by atoms with van der Waals surface area (Å²) in [7, 11) is 0. The molecule has 190 valence electrons. The third kappa shape index (κ3) is 4.07. The molecule has 37 heavy (non-hydrogen) atoms. The van der Waals surface area contributed by atoms with Crippen LogP contribution < -0.4 is 5.32 Å². The van der Waals surface area contributed by atoms with Crippen molar-refractivity contribution in [3.05, 3.63) is 77.3 Å². The number of nitrogens with zero attached hydrogens (tertiary/aromatic N) is 1. The van der Waals surface area contributed by atoms with E-state index in [1.807, 2.05) is 30.3 Å². The summed E-state index contributed by atoms with van der Waals surface area (Å²) in [5.74, 6) is 3.55. The molecule has 2 aromatic carbocycles. The molecule has 0 radical (unpaired) electrons. The van der Waals surface area contributed by atoms with Crippen LogP contribution in [0, 0.1) is 29.0 Å². The fraction of sp³-hybridized carbons (Fsp3) is 0.419. The molecule has 2 heterocycles. The largest absolute Gasteiger partial charge is 0.461 e. The molecule has 4 saturated carbocycles. The number of hydrogen-bond donors (Lipinski definition) is 1. The van der Waals surface area contributed by atoms with Crippen molar-refractivity contribution < 1.29 is 18.4 Å². The Morgan fingerprint density at radius 3 is 2.35 bits per heavy atom. The number of carbonyl (C=O) groups is 2. The first-order chi connectivity index (χ1) is 17.9. The molecule has 8 rings (SSSR count). The molecule has 2 amide bonds. The molecule has 6 heteroatoms. The lowest BCUT2D eigenvalue weighted by molar-refractivity contribution is -0.140. The fourth-order valence-electron chi connectivity index (χ4n) is 7.83. The van der Waals surface area contributed by atoms with Gasteiger partial charge in [0.25, 0.3) is 5.91 Å². The van der Waals surface area contributed by atoms with Crippen LogP contribution in [0.1, 0.15) is 60.2 Å². The average Bonchev–Trinajstić information content (AvgIpc) is 3.32. The van der Waals surface area contributed by atoms with Gasteiger partial charge in [-0.2, -0.15) is 0 Å². The van der Waals surface area contributed by atoms with Gasteiger partial charge < -0.3 is 14.6 Å². The summed E-state index contributed by atoms with van der Waals surface area (Å²) >= 11 is 0. The van der Waals surface area contributed by atoms with Gasteiger partial charge in [-0.3, -0.25) is 9.59 Å². The zero-order chi connectivity index (χ0) is 25.1. The van der Waals surface area contributed by atoms with Crippen molar-refractivity contribution in [3.8, 4) is 11.3 Å². The van der Waals surface area contributed by atoms with Crippen LogP contribution >= 0.6 is 0 Å². The lowest BCUT2D eigenvalue weighted by Crippen LogP contribution is -2.51. The molecule has 0 spiro atoms. The fourth-order valence-corrected chi connectivity index (χ4v) is 7.83. The number of amides is 2. The Morgan fingerprint density at radius 2 is 1.65 bits per heavy atom. The van der Waals surface area contributed by atoms with Crippen molar-refractivity contribution in [1.29, 1.82) is 0 Å². The quantitative estimate of drug-likeness (QED) is 0.450. The van der Waals surface area contributed by atoms with Gasteiger partial charge in [0, 0.05) is 41.9 Å². The zero-order valence-electron chi connectivity index (χ0n) is 20.8. The Morgan fingerprint density at radius 1 is 0.946 bits per heavy atom. The molecule has 4 bridgehead atoms. The molecule has 3 aromatic rings. The smallest absolute Gasteiger partial charge is 0.254 e. The number of halogens is 1. The van der Waals surface area contributed by atoms with Crippen molar-refractivity contribution in [3.63, 3.8) is 0 Å². The lowest BCUT2D eigenvalue weighted by Gasteiger charge is -2.55. The number of fused-ring (bicyclic) bond motifs is 1. The Hall–Kier alpha value is -3.41. The zero-order valence-corrected chi connectivity index (χ0v) is 20.8. The summed E-state index contributed by atoms with van der Waals surface area (Å²) < 4.78 is 19.5. The monoisotopic (exact) mass is 498 g/mol. The van der Waals surface area contributed by atoms with Crippen LogP contribution in [0.3, 0.4) is 0 Å². The molecular formula is C31H31FN2O3. The number of carbonyl (C=O) groups excluding carboxylic acids is 2. The van der Waals surface area contributed by atoms with Gasteiger partial charge in [-0.05, 0) is 98.7 Å². The molecule has 4 fully saturated rings. The van der Waals surface area contributed by atoms with Crippen molar-refractivity contribution in [1.82, 2.24) is 4.90 Å². The first-order valence-electron chi connectivity index (χ1n) is 13.5. The molecule has 1 aromatic heterocycles. The van der Waals surface area contributed by atoms with E-state index < -0.39 is 0 Å². The van der Waals surface area contributed by atoms with E-state index in [1.54, 1.807) is 4.90 Å². The summed E-state index contributed by atoms with van der Waals surface area (Å²) in [6, 6.07) is 15.6. The van der Waals surface area contributed by atoms with Crippen molar-refractivity contribution >= 4 is 17.5 Å². The van der Waals surface area contributed by atoms with E-state index in [0.29, 0.717) is 25.1 Å². The van der Waals surface area contributed by atoms with Gasteiger partial charge in [-0.15, -0.1) is 0 Å². The minimum absolute atomic E-state index is 0.109. The van der Waals surface area contributed by atoms with Crippen LogP contribution in [0.5, 0.6) is 0 Å². The average molecular weight is 499 g/mol. The molecule has 5 aliphatic rings. The van der Waals surface area contributed by atoms with E-state index in [0.717, 1.165) is 65.4 Å². The Bertz CT molecular complexity index is 1340. The summed E-state index contributed by atoms with van der Waals surface area (Å²) in [4.78, 5) is 28.2. The minimum Gasteiger partial charge on any atom is -0.461 e. The van der Waals surface area contributed by atoms with Gasteiger partial charge in [-0.25, -0.2) is 4.39 Å². The first kappa shape index (κ1) is 22.8.